The van der Waals surface area contributed by atoms with Crippen molar-refractivity contribution in [2.75, 3.05) is 11.9 Å². The van der Waals surface area contributed by atoms with Gasteiger partial charge in [0.25, 0.3) is 5.91 Å². The van der Waals surface area contributed by atoms with Gasteiger partial charge in [-0.05, 0) is 55.5 Å². The lowest BCUT2D eigenvalue weighted by molar-refractivity contribution is 0.102. The number of nitrogens with one attached hydrogen (secondary N) is 1. The number of amides is 1. The summed E-state index contributed by atoms with van der Waals surface area (Å²) in [5, 5.41) is 10.4. The number of ether oxygens (including phenoxy) is 1. The summed E-state index contributed by atoms with van der Waals surface area (Å²) in [6.45, 7) is 2.48. The first-order chi connectivity index (χ1) is 11.7. The van der Waals surface area contributed by atoms with Crippen LogP contribution in [-0.4, -0.2) is 22.7 Å². The summed E-state index contributed by atoms with van der Waals surface area (Å²) in [4.78, 5) is 12.2. The van der Waals surface area contributed by atoms with Gasteiger partial charge in [-0.15, -0.1) is 5.10 Å². The van der Waals surface area contributed by atoms with Crippen LogP contribution in [0.1, 0.15) is 17.3 Å². The van der Waals surface area contributed by atoms with E-state index in [1.807, 2.05) is 31.2 Å². The van der Waals surface area contributed by atoms with Gasteiger partial charge in [-0.2, -0.15) is 0 Å². The normalized spacial score (nSPS) is 10.4. The Kier molecular flexibility index (Phi) is 4.90. The molecule has 6 nitrogen and oxygen atoms in total. The number of carbonyl (C=O) groups excluding carboxylic acids is 1. The standard InChI is InChI=1S/C17H14BrN3O3/c1-2-23-14-9-5-11(6-10-14)15(22)19-17-21-20-16(24-17)12-3-7-13(18)8-4-12/h3-10H,2H2,1H3,(H,19,21,22). The molecule has 0 saturated carbocycles. The highest BCUT2D eigenvalue weighted by Gasteiger charge is 2.13. The second-order valence-corrected chi connectivity index (χ2v) is 5.75. The second kappa shape index (κ2) is 7.27. The average Bonchev–Trinajstić information content (AvgIpc) is 3.05. The van der Waals surface area contributed by atoms with E-state index in [1.54, 1.807) is 24.3 Å². The molecule has 0 fully saturated rings. The molecule has 0 atom stereocenters. The molecule has 2 aromatic carbocycles. The number of carbonyl (C=O) groups is 1. The zero-order valence-corrected chi connectivity index (χ0v) is 14.4. The van der Waals surface area contributed by atoms with Crippen molar-refractivity contribution in [3.8, 4) is 17.2 Å². The van der Waals surface area contributed by atoms with Crippen molar-refractivity contribution in [3.05, 3.63) is 58.6 Å². The Morgan fingerprint density at radius 2 is 1.83 bits per heavy atom. The maximum absolute atomic E-state index is 12.2. The van der Waals surface area contributed by atoms with E-state index in [1.165, 1.54) is 0 Å². The number of benzene rings is 2. The Morgan fingerprint density at radius 1 is 1.12 bits per heavy atom. The molecular formula is C17H14BrN3O3. The highest BCUT2D eigenvalue weighted by molar-refractivity contribution is 9.10. The zero-order valence-electron chi connectivity index (χ0n) is 12.8. The molecule has 24 heavy (non-hydrogen) atoms. The van der Waals surface area contributed by atoms with Crippen LogP contribution in [0.3, 0.4) is 0 Å². The summed E-state index contributed by atoms with van der Waals surface area (Å²) in [5.41, 5.74) is 1.24. The van der Waals surface area contributed by atoms with Gasteiger partial charge in [0.05, 0.1) is 6.61 Å². The molecule has 3 rings (SSSR count). The lowest BCUT2D eigenvalue weighted by Gasteiger charge is -2.04. The Labute approximate surface area is 147 Å². The van der Waals surface area contributed by atoms with Crippen LogP contribution in [0.25, 0.3) is 11.5 Å². The summed E-state index contributed by atoms with van der Waals surface area (Å²) in [7, 11) is 0. The van der Waals surface area contributed by atoms with Crippen molar-refractivity contribution >= 4 is 27.9 Å². The number of anilines is 1. The van der Waals surface area contributed by atoms with Crippen LogP contribution < -0.4 is 10.1 Å². The Morgan fingerprint density at radius 3 is 2.50 bits per heavy atom. The van der Waals surface area contributed by atoms with E-state index in [-0.39, 0.29) is 11.9 Å². The summed E-state index contributed by atoms with van der Waals surface area (Å²) < 4.78 is 11.8. The van der Waals surface area contributed by atoms with Crippen molar-refractivity contribution in [3.63, 3.8) is 0 Å². The minimum atomic E-state index is -0.330. The predicted molar refractivity (Wildman–Crippen MR) is 93.0 cm³/mol. The van der Waals surface area contributed by atoms with Crippen molar-refractivity contribution < 1.29 is 13.9 Å². The van der Waals surface area contributed by atoms with Crippen LogP contribution in [0, 0.1) is 0 Å². The van der Waals surface area contributed by atoms with E-state index in [0.29, 0.717) is 23.8 Å². The topological polar surface area (TPSA) is 77.2 Å². The number of hydrogen-bond acceptors (Lipinski definition) is 5. The molecule has 0 radical (unpaired) electrons. The van der Waals surface area contributed by atoms with Crippen molar-refractivity contribution in [2.45, 2.75) is 6.92 Å². The molecule has 0 bridgehead atoms. The number of hydrogen-bond donors (Lipinski definition) is 1. The van der Waals surface area contributed by atoms with Crippen LogP contribution in [0.15, 0.2) is 57.4 Å². The molecule has 0 aliphatic rings. The van der Waals surface area contributed by atoms with E-state index in [9.17, 15) is 4.79 Å². The van der Waals surface area contributed by atoms with E-state index >= 15 is 0 Å². The third-order valence-corrected chi connectivity index (χ3v) is 3.69. The number of nitrogens with zero attached hydrogens (tertiary/aromatic N) is 2. The molecule has 0 spiro atoms. The molecule has 1 amide bonds. The molecule has 122 valence electrons. The smallest absolute Gasteiger partial charge is 0.322 e. The van der Waals surface area contributed by atoms with Crippen molar-refractivity contribution in [1.29, 1.82) is 0 Å². The summed E-state index contributed by atoms with van der Waals surface area (Å²) in [5.74, 6) is 0.720. The van der Waals surface area contributed by atoms with Crippen molar-refractivity contribution in [1.82, 2.24) is 10.2 Å². The molecule has 1 aromatic heterocycles. The van der Waals surface area contributed by atoms with Gasteiger partial charge in [0.1, 0.15) is 5.75 Å². The van der Waals surface area contributed by atoms with Crippen LogP contribution in [-0.2, 0) is 0 Å². The minimum absolute atomic E-state index is 0.0480. The minimum Gasteiger partial charge on any atom is -0.494 e. The Hall–Kier alpha value is -2.67. The van der Waals surface area contributed by atoms with Crippen LogP contribution >= 0.6 is 15.9 Å². The third-order valence-electron chi connectivity index (χ3n) is 3.16. The van der Waals surface area contributed by atoms with Crippen LogP contribution in [0.4, 0.5) is 6.01 Å². The number of aromatic nitrogens is 2. The van der Waals surface area contributed by atoms with Crippen LogP contribution in [0.2, 0.25) is 0 Å². The molecule has 7 heteroatoms. The van der Waals surface area contributed by atoms with Crippen LogP contribution in [0.5, 0.6) is 5.75 Å². The summed E-state index contributed by atoms with van der Waals surface area (Å²) in [6, 6.07) is 14.3. The van der Waals surface area contributed by atoms with Gasteiger partial charge in [0.2, 0.25) is 5.89 Å². The van der Waals surface area contributed by atoms with Crippen molar-refractivity contribution in [2.24, 2.45) is 0 Å². The van der Waals surface area contributed by atoms with Gasteiger partial charge >= 0.3 is 6.01 Å². The Bertz CT molecular complexity index is 829. The van der Waals surface area contributed by atoms with E-state index in [2.05, 4.69) is 31.4 Å². The predicted octanol–water partition coefficient (Wildman–Crippen LogP) is 4.15. The first kappa shape index (κ1) is 16.2. The molecule has 3 aromatic rings. The largest absolute Gasteiger partial charge is 0.494 e. The number of halogens is 1. The molecule has 1 heterocycles. The van der Waals surface area contributed by atoms with E-state index in [0.717, 1.165) is 10.0 Å². The monoisotopic (exact) mass is 387 g/mol. The second-order valence-electron chi connectivity index (χ2n) is 4.83. The quantitative estimate of drug-likeness (QED) is 0.711. The molecular weight excluding hydrogens is 374 g/mol. The first-order valence-corrected chi connectivity index (χ1v) is 8.08. The average molecular weight is 388 g/mol. The zero-order chi connectivity index (χ0) is 16.9. The highest BCUT2D eigenvalue weighted by atomic mass is 79.9. The van der Waals surface area contributed by atoms with Gasteiger partial charge in [-0.25, -0.2) is 0 Å². The highest BCUT2D eigenvalue weighted by Crippen LogP contribution is 2.22. The lowest BCUT2D eigenvalue weighted by Crippen LogP contribution is -2.12. The maximum atomic E-state index is 12.2. The van der Waals surface area contributed by atoms with E-state index < -0.39 is 0 Å². The van der Waals surface area contributed by atoms with Gasteiger partial charge in [-0.1, -0.05) is 21.0 Å². The fraction of sp³-hybridized carbons (Fsp3) is 0.118. The SMILES string of the molecule is CCOc1ccc(C(=O)Nc2nnc(-c3ccc(Br)cc3)o2)cc1. The van der Waals surface area contributed by atoms with Gasteiger partial charge in [-0.3, -0.25) is 10.1 Å². The molecule has 0 saturated heterocycles. The molecule has 0 unspecified atom stereocenters. The Balaban J connectivity index is 1.69. The molecule has 0 aliphatic carbocycles. The number of rotatable bonds is 5. The molecule has 0 aliphatic heterocycles. The molecule has 1 N–H and O–H groups in total. The summed E-state index contributed by atoms with van der Waals surface area (Å²) >= 11 is 3.36. The third kappa shape index (κ3) is 3.80. The van der Waals surface area contributed by atoms with Gasteiger partial charge in [0.15, 0.2) is 0 Å². The lowest BCUT2D eigenvalue weighted by atomic mass is 10.2. The first-order valence-electron chi connectivity index (χ1n) is 7.29. The van der Waals surface area contributed by atoms with Gasteiger partial charge < -0.3 is 9.15 Å². The fourth-order valence-electron chi connectivity index (χ4n) is 2.02. The summed E-state index contributed by atoms with van der Waals surface area (Å²) in [6.07, 6.45) is 0. The fourth-order valence-corrected chi connectivity index (χ4v) is 2.29. The maximum Gasteiger partial charge on any atom is 0.322 e. The van der Waals surface area contributed by atoms with Gasteiger partial charge in [0, 0.05) is 15.6 Å². The van der Waals surface area contributed by atoms with E-state index in [4.69, 9.17) is 9.15 Å².